The predicted molar refractivity (Wildman–Crippen MR) is 64.6 cm³/mol. The average molecular weight is 270 g/mol. The molecule has 15 heavy (non-hydrogen) atoms. The number of alkyl halides is 1. The molecular weight excluding hydrogens is 258 g/mol. The van der Waals surface area contributed by atoms with E-state index in [4.69, 9.17) is 0 Å². The molecule has 0 amide bonds. The zero-order valence-corrected chi connectivity index (χ0v) is 10.0. The Hall–Kier alpha value is -1.16. The standard InChI is InChI=1S/C11H12BrNO2/c1-2-9-3-5-10(6-4-9)7-11(8-12)13(14)15/h3-7H,2,8H2,1H3/b11-7+. The molecule has 0 saturated carbocycles. The first kappa shape index (κ1) is 11.9. The monoisotopic (exact) mass is 269 g/mol. The number of benzene rings is 1. The molecule has 1 aromatic carbocycles. The zero-order valence-electron chi connectivity index (χ0n) is 8.44. The van der Waals surface area contributed by atoms with Gasteiger partial charge in [-0.2, -0.15) is 0 Å². The molecule has 80 valence electrons. The van der Waals surface area contributed by atoms with E-state index in [1.54, 1.807) is 6.08 Å². The number of hydrogen-bond donors (Lipinski definition) is 0. The Morgan fingerprint density at radius 2 is 2.07 bits per heavy atom. The van der Waals surface area contributed by atoms with E-state index in [2.05, 4.69) is 22.9 Å². The van der Waals surface area contributed by atoms with Crippen molar-refractivity contribution in [3.05, 3.63) is 51.2 Å². The van der Waals surface area contributed by atoms with E-state index < -0.39 is 0 Å². The predicted octanol–water partition coefficient (Wildman–Crippen LogP) is 3.26. The molecule has 0 atom stereocenters. The first-order valence-electron chi connectivity index (χ1n) is 4.67. The van der Waals surface area contributed by atoms with Crippen molar-refractivity contribution in [1.29, 1.82) is 0 Å². The maximum Gasteiger partial charge on any atom is 0.257 e. The Kier molecular flexibility index (Phi) is 4.49. The van der Waals surface area contributed by atoms with Crippen molar-refractivity contribution in [1.82, 2.24) is 0 Å². The Morgan fingerprint density at radius 3 is 2.47 bits per heavy atom. The van der Waals surface area contributed by atoms with Crippen LogP contribution in [0.3, 0.4) is 0 Å². The number of halogens is 1. The van der Waals surface area contributed by atoms with Crippen molar-refractivity contribution < 1.29 is 4.92 Å². The second kappa shape index (κ2) is 5.66. The summed E-state index contributed by atoms with van der Waals surface area (Å²) in [6.45, 7) is 2.08. The second-order valence-corrected chi connectivity index (χ2v) is 3.68. The van der Waals surface area contributed by atoms with Crippen molar-refractivity contribution >= 4 is 22.0 Å². The molecule has 0 aliphatic rings. The van der Waals surface area contributed by atoms with Gasteiger partial charge in [-0.25, -0.2) is 0 Å². The van der Waals surface area contributed by atoms with Gasteiger partial charge in [0.2, 0.25) is 0 Å². The Balaban J connectivity index is 2.92. The highest BCUT2D eigenvalue weighted by Gasteiger charge is 2.07. The summed E-state index contributed by atoms with van der Waals surface area (Å²) in [5, 5.41) is 10.8. The van der Waals surface area contributed by atoms with E-state index in [9.17, 15) is 10.1 Å². The summed E-state index contributed by atoms with van der Waals surface area (Å²) in [4.78, 5) is 10.2. The number of hydrogen-bond acceptors (Lipinski definition) is 2. The van der Waals surface area contributed by atoms with Gasteiger partial charge in [0.05, 0.1) is 10.3 Å². The minimum Gasteiger partial charge on any atom is -0.259 e. The number of rotatable bonds is 4. The van der Waals surface area contributed by atoms with Crippen molar-refractivity contribution in [2.24, 2.45) is 0 Å². The molecule has 0 N–H and O–H groups in total. The molecule has 0 fully saturated rings. The van der Waals surface area contributed by atoms with Gasteiger partial charge in [0, 0.05) is 6.08 Å². The third kappa shape index (κ3) is 3.47. The number of allylic oxidation sites excluding steroid dienone is 1. The van der Waals surface area contributed by atoms with Gasteiger partial charge in [-0.15, -0.1) is 0 Å². The van der Waals surface area contributed by atoms with Gasteiger partial charge in [0.15, 0.2) is 0 Å². The lowest BCUT2D eigenvalue weighted by molar-refractivity contribution is -0.421. The van der Waals surface area contributed by atoms with Crippen LogP contribution < -0.4 is 0 Å². The summed E-state index contributed by atoms with van der Waals surface area (Å²) < 4.78 is 0. The van der Waals surface area contributed by atoms with Gasteiger partial charge in [-0.1, -0.05) is 47.1 Å². The van der Waals surface area contributed by atoms with Crippen LogP contribution in [0.1, 0.15) is 18.1 Å². The second-order valence-electron chi connectivity index (χ2n) is 3.12. The van der Waals surface area contributed by atoms with E-state index in [1.165, 1.54) is 5.56 Å². The molecule has 0 saturated heterocycles. The fraction of sp³-hybridized carbons (Fsp3) is 0.273. The summed E-state index contributed by atoms with van der Waals surface area (Å²) in [5.41, 5.74) is 2.26. The van der Waals surface area contributed by atoms with Crippen molar-refractivity contribution in [2.75, 3.05) is 5.33 Å². The SMILES string of the molecule is CCc1ccc(/C=C(\CBr)[N+](=O)[O-])cc1. The summed E-state index contributed by atoms with van der Waals surface area (Å²) in [5.74, 6) is 0. The summed E-state index contributed by atoms with van der Waals surface area (Å²) >= 11 is 3.09. The van der Waals surface area contributed by atoms with Crippen LogP contribution in [-0.4, -0.2) is 10.3 Å². The van der Waals surface area contributed by atoms with Crippen LogP contribution in [0.5, 0.6) is 0 Å². The first-order valence-corrected chi connectivity index (χ1v) is 5.79. The number of nitro groups is 1. The molecule has 0 aromatic heterocycles. The highest BCUT2D eigenvalue weighted by atomic mass is 79.9. The molecule has 0 unspecified atom stereocenters. The van der Waals surface area contributed by atoms with E-state index in [1.807, 2.05) is 24.3 Å². The third-order valence-corrected chi connectivity index (χ3v) is 2.67. The zero-order chi connectivity index (χ0) is 11.3. The molecule has 4 heteroatoms. The average Bonchev–Trinajstić information content (AvgIpc) is 2.26. The third-order valence-electron chi connectivity index (χ3n) is 2.09. The van der Waals surface area contributed by atoms with Gasteiger partial charge in [0.25, 0.3) is 5.70 Å². The molecule has 3 nitrogen and oxygen atoms in total. The highest BCUT2D eigenvalue weighted by Crippen LogP contribution is 2.11. The summed E-state index contributed by atoms with van der Waals surface area (Å²) in [6.07, 6.45) is 2.55. The highest BCUT2D eigenvalue weighted by molar-refractivity contribution is 9.09. The molecule has 0 spiro atoms. The van der Waals surface area contributed by atoms with E-state index in [-0.39, 0.29) is 16.0 Å². The van der Waals surface area contributed by atoms with Crippen molar-refractivity contribution in [2.45, 2.75) is 13.3 Å². The molecule has 0 aliphatic heterocycles. The summed E-state index contributed by atoms with van der Waals surface area (Å²) in [7, 11) is 0. The Bertz CT molecular complexity index is 371. The minimum atomic E-state index is -0.373. The fourth-order valence-corrected chi connectivity index (χ4v) is 1.55. The molecule has 0 radical (unpaired) electrons. The van der Waals surface area contributed by atoms with Gasteiger partial charge in [-0.3, -0.25) is 10.1 Å². The van der Waals surface area contributed by atoms with Crippen LogP contribution in [0.15, 0.2) is 30.0 Å². The van der Waals surface area contributed by atoms with Crippen molar-refractivity contribution in [3.63, 3.8) is 0 Å². The Labute approximate surface area is 97.1 Å². The molecule has 0 bridgehead atoms. The van der Waals surface area contributed by atoms with Crippen molar-refractivity contribution in [3.8, 4) is 0 Å². The van der Waals surface area contributed by atoms with Crippen LogP contribution in [-0.2, 0) is 6.42 Å². The topological polar surface area (TPSA) is 43.1 Å². The van der Waals surface area contributed by atoms with Gasteiger partial charge in [-0.05, 0) is 17.5 Å². The molecule has 0 aliphatic carbocycles. The van der Waals surface area contributed by atoms with Gasteiger partial charge >= 0.3 is 0 Å². The van der Waals surface area contributed by atoms with E-state index in [0.717, 1.165) is 12.0 Å². The van der Waals surface area contributed by atoms with Crippen LogP contribution in [0.25, 0.3) is 6.08 Å². The quantitative estimate of drug-likeness (QED) is 0.478. The lowest BCUT2D eigenvalue weighted by Crippen LogP contribution is -1.99. The van der Waals surface area contributed by atoms with E-state index in [0.29, 0.717) is 0 Å². The lowest BCUT2D eigenvalue weighted by Gasteiger charge is -1.98. The van der Waals surface area contributed by atoms with Crippen LogP contribution in [0, 0.1) is 10.1 Å². The largest absolute Gasteiger partial charge is 0.259 e. The van der Waals surface area contributed by atoms with Gasteiger partial charge < -0.3 is 0 Å². The molecule has 0 heterocycles. The molecule has 1 aromatic rings. The van der Waals surface area contributed by atoms with Crippen LogP contribution in [0.2, 0.25) is 0 Å². The number of nitrogens with zero attached hydrogens (tertiary/aromatic N) is 1. The number of aryl methyl sites for hydroxylation is 1. The molecular formula is C11H12BrNO2. The fourth-order valence-electron chi connectivity index (χ4n) is 1.18. The maximum atomic E-state index is 10.6. The first-order chi connectivity index (χ1) is 7.17. The van der Waals surface area contributed by atoms with Crippen LogP contribution in [0.4, 0.5) is 0 Å². The van der Waals surface area contributed by atoms with E-state index >= 15 is 0 Å². The Morgan fingerprint density at radius 1 is 1.47 bits per heavy atom. The molecule has 1 rings (SSSR count). The smallest absolute Gasteiger partial charge is 0.257 e. The normalized spacial score (nSPS) is 11.5. The van der Waals surface area contributed by atoms with Gasteiger partial charge in [0.1, 0.15) is 0 Å². The lowest BCUT2D eigenvalue weighted by atomic mass is 10.1. The van der Waals surface area contributed by atoms with Crippen LogP contribution >= 0.6 is 15.9 Å². The summed E-state index contributed by atoms with van der Waals surface area (Å²) in [6, 6.07) is 7.76. The maximum absolute atomic E-state index is 10.6. The minimum absolute atomic E-state index is 0.166.